The van der Waals surface area contributed by atoms with Crippen molar-refractivity contribution in [3.8, 4) is 0 Å². The zero-order valence-corrected chi connectivity index (χ0v) is 38.1. The fourth-order valence-corrected chi connectivity index (χ4v) is 11.8. The summed E-state index contributed by atoms with van der Waals surface area (Å²) in [5.74, 6) is 4.47. The molecule has 1 fully saturated rings. The fourth-order valence-electron chi connectivity index (χ4n) is 11.8. The third-order valence-electron chi connectivity index (χ3n) is 16.5. The summed E-state index contributed by atoms with van der Waals surface area (Å²) in [4.78, 5) is 0. The van der Waals surface area contributed by atoms with E-state index in [4.69, 9.17) is 0 Å². The number of hydrogen-bond acceptors (Lipinski definition) is 0. The van der Waals surface area contributed by atoms with Crippen molar-refractivity contribution in [1.82, 2.24) is 0 Å². The van der Waals surface area contributed by atoms with Gasteiger partial charge in [-0.3, -0.25) is 0 Å². The lowest BCUT2D eigenvalue weighted by Gasteiger charge is -2.48. The Balaban J connectivity index is 3.09. The Morgan fingerprint density at radius 2 is 1.20 bits per heavy atom. The first-order valence-corrected chi connectivity index (χ1v) is 23.6. The molecule has 0 radical (unpaired) electrons. The molecule has 0 saturated heterocycles. The smallest absolute Gasteiger partial charge is 0.0202 e. The molecule has 0 heteroatoms. The van der Waals surface area contributed by atoms with Crippen LogP contribution in [0.5, 0.6) is 0 Å². The molecule has 0 bridgehead atoms. The maximum Gasteiger partial charge on any atom is -0.0202 e. The van der Waals surface area contributed by atoms with Gasteiger partial charge in [-0.2, -0.15) is 0 Å². The van der Waals surface area contributed by atoms with Gasteiger partial charge >= 0.3 is 0 Å². The summed E-state index contributed by atoms with van der Waals surface area (Å²) >= 11 is 0. The summed E-state index contributed by atoms with van der Waals surface area (Å²) in [5.41, 5.74) is 2.46. The third-order valence-corrected chi connectivity index (χ3v) is 16.5. The first kappa shape index (κ1) is 48.0. The van der Waals surface area contributed by atoms with Crippen LogP contribution in [-0.4, -0.2) is 0 Å². The Hall–Kier alpha value is 0. The van der Waals surface area contributed by atoms with Gasteiger partial charge in [-0.1, -0.05) is 219 Å². The van der Waals surface area contributed by atoms with E-state index in [1.807, 2.05) is 0 Å². The van der Waals surface area contributed by atoms with Crippen LogP contribution in [0.15, 0.2) is 0 Å². The molecule has 8 unspecified atom stereocenters. The highest BCUT2D eigenvalue weighted by Crippen LogP contribution is 2.79. The van der Waals surface area contributed by atoms with E-state index in [2.05, 4.69) is 104 Å². The molecule has 1 saturated carbocycles. The normalized spacial score (nSPS) is 24.9. The topological polar surface area (TPSA) is 0 Å². The highest BCUT2D eigenvalue weighted by molar-refractivity contribution is 5.21. The summed E-state index contributed by atoms with van der Waals surface area (Å²) in [6.45, 7) is 38.2. The van der Waals surface area contributed by atoms with Gasteiger partial charge in [0.2, 0.25) is 0 Å². The molecule has 0 aliphatic heterocycles. The van der Waals surface area contributed by atoms with Crippen molar-refractivity contribution in [2.45, 2.75) is 264 Å². The van der Waals surface area contributed by atoms with E-state index in [0.717, 1.165) is 29.6 Å². The number of rotatable bonds is 32. The van der Waals surface area contributed by atoms with Crippen LogP contribution in [0.4, 0.5) is 0 Å². The van der Waals surface area contributed by atoms with E-state index in [0.29, 0.717) is 27.1 Å². The lowest BCUT2D eigenvalue weighted by molar-refractivity contribution is 0.0112. The lowest BCUT2D eigenvalue weighted by Crippen LogP contribution is -2.40. The minimum Gasteiger partial charge on any atom is -0.0654 e. The predicted octanol–water partition coefficient (Wildman–Crippen LogP) is 18.1. The van der Waals surface area contributed by atoms with E-state index in [9.17, 15) is 0 Å². The van der Waals surface area contributed by atoms with E-state index < -0.39 is 0 Å². The Bertz CT molecular complexity index is 840. The van der Waals surface area contributed by atoms with Gasteiger partial charge in [0.05, 0.1) is 0 Å². The van der Waals surface area contributed by atoms with Gasteiger partial charge in [-0.25, -0.2) is 0 Å². The highest BCUT2D eigenvalue weighted by Gasteiger charge is 2.73. The van der Waals surface area contributed by atoms with Gasteiger partial charge in [0, 0.05) is 0 Å². The molecule has 1 rings (SSSR count). The van der Waals surface area contributed by atoms with Gasteiger partial charge in [0.1, 0.15) is 0 Å². The third kappa shape index (κ3) is 13.7. The Labute approximate surface area is 320 Å². The molecule has 0 amide bonds. The number of unbranched alkanes of at least 4 members (excludes halogenated alkanes) is 4. The second kappa shape index (κ2) is 23.0. The van der Waals surface area contributed by atoms with E-state index in [1.165, 1.54) is 161 Å². The van der Waals surface area contributed by atoms with Gasteiger partial charge in [-0.05, 0) is 102 Å². The van der Waals surface area contributed by atoms with Gasteiger partial charge in [-0.15, -0.1) is 0 Å². The molecule has 0 spiro atoms. The van der Waals surface area contributed by atoms with Crippen molar-refractivity contribution in [2.24, 2.45) is 56.7 Å². The minimum absolute atomic E-state index is 0.416. The molecule has 0 N–H and O–H groups in total. The van der Waals surface area contributed by atoms with Crippen LogP contribution in [0, 0.1) is 56.7 Å². The zero-order valence-electron chi connectivity index (χ0n) is 38.1. The molecule has 50 heavy (non-hydrogen) atoms. The average Bonchev–Trinajstić information content (AvgIpc) is 3.57. The van der Waals surface area contributed by atoms with Gasteiger partial charge < -0.3 is 0 Å². The quantitative estimate of drug-likeness (QED) is 0.0613. The van der Waals surface area contributed by atoms with Crippen LogP contribution >= 0.6 is 0 Å². The van der Waals surface area contributed by atoms with Crippen molar-refractivity contribution in [3.63, 3.8) is 0 Å². The molecule has 0 heterocycles. The molecular weight excluding hydrogens is 601 g/mol. The van der Waals surface area contributed by atoms with Crippen molar-refractivity contribution >= 4 is 0 Å². The van der Waals surface area contributed by atoms with Crippen LogP contribution in [0.25, 0.3) is 0 Å². The summed E-state index contributed by atoms with van der Waals surface area (Å²) in [5, 5.41) is 0. The average molecular weight is 701 g/mol. The standard InChI is InChI=1S/C50H100/c1-16-24-32-44-48(14,38-28-26-27-37-47(13,20-5)36-25-17-2)49(44,15)45(50(21-6,22-7)23-8)40-46(11,12)35-29-31-42(10)39-43(30-18-3)34-33-41(9)19-4/h41-45H,16-40H2,1-15H3. The second-order valence-electron chi connectivity index (χ2n) is 20.5. The van der Waals surface area contributed by atoms with E-state index in [1.54, 1.807) is 0 Å². The van der Waals surface area contributed by atoms with Crippen LogP contribution in [0.2, 0.25) is 0 Å². The molecule has 1 aliphatic carbocycles. The van der Waals surface area contributed by atoms with Gasteiger partial charge in [0.15, 0.2) is 0 Å². The molecule has 1 aliphatic rings. The molecule has 0 aromatic carbocycles. The molecule has 0 aromatic rings. The highest BCUT2D eigenvalue weighted by atomic mass is 14.8. The fraction of sp³-hybridized carbons (Fsp3) is 1.00. The van der Waals surface area contributed by atoms with Crippen molar-refractivity contribution in [1.29, 1.82) is 0 Å². The second-order valence-corrected chi connectivity index (χ2v) is 20.5. The predicted molar refractivity (Wildman–Crippen MR) is 230 cm³/mol. The largest absolute Gasteiger partial charge is 0.0654 e. The van der Waals surface area contributed by atoms with E-state index in [-0.39, 0.29) is 0 Å². The summed E-state index contributed by atoms with van der Waals surface area (Å²) in [6, 6.07) is 0. The van der Waals surface area contributed by atoms with Crippen LogP contribution < -0.4 is 0 Å². The van der Waals surface area contributed by atoms with E-state index >= 15 is 0 Å². The summed E-state index contributed by atoms with van der Waals surface area (Å²) in [6.07, 6.45) is 35.3. The zero-order chi connectivity index (χ0) is 38.1. The molecule has 8 atom stereocenters. The lowest BCUT2D eigenvalue weighted by atomic mass is 9.56. The first-order valence-electron chi connectivity index (χ1n) is 23.6. The van der Waals surface area contributed by atoms with Crippen molar-refractivity contribution in [2.75, 3.05) is 0 Å². The van der Waals surface area contributed by atoms with Crippen LogP contribution in [0.3, 0.4) is 0 Å². The number of hydrogen-bond donors (Lipinski definition) is 0. The molecule has 0 nitrogen and oxygen atoms in total. The van der Waals surface area contributed by atoms with Crippen LogP contribution in [-0.2, 0) is 0 Å². The Morgan fingerprint density at radius 1 is 0.580 bits per heavy atom. The first-order chi connectivity index (χ1) is 23.6. The SMILES string of the molecule is CCCCC1C(C)(CCCCCC(C)(CC)CCCC)C1(C)C(CC(C)(C)CCCC(C)CC(CCC)CCC(C)CC)C(CC)(CC)CC. The Kier molecular flexibility index (Phi) is 22.1. The molecule has 300 valence electrons. The maximum atomic E-state index is 2.83. The maximum absolute atomic E-state index is 2.83. The summed E-state index contributed by atoms with van der Waals surface area (Å²) in [7, 11) is 0. The monoisotopic (exact) mass is 701 g/mol. The van der Waals surface area contributed by atoms with Gasteiger partial charge in [0.25, 0.3) is 0 Å². The van der Waals surface area contributed by atoms with Crippen molar-refractivity contribution in [3.05, 3.63) is 0 Å². The molecular formula is C50H100. The summed E-state index contributed by atoms with van der Waals surface area (Å²) < 4.78 is 0. The molecule has 0 aromatic heterocycles. The van der Waals surface area contributed by atoms with Crippen LogP contribution in [0.1, 0.15) is 264 Å². The minimum atomic E-state index is 0.416. The Morgan fingerprint density at radius 3 is 1.74 bits per heavy atom. The van der Waals surface area contributed by atoms with Crippen molar-refractivity contribution < 1.29 is 0 Å².